The van der Waals surface area contributed by atoms with E-state index >= 15 is 0 Å². The third-order valence-corrected chi connectivity index (χ3v) is 2.73. The van der Waals surface area contributed by atoms with Crippen molar-refractivity contribution in [1.82, 2.24) is 10.4 Å². The molecule has 0 aromatic heterocycles. The lowest BCUT2D eigenvalue weighted by atomic mass is 10.2. The highest BCUT2D eigenvalue weighted by atomic mass is 32.2. The van der Waals surface area contributed by atoms with Crippen LogP contribution < -0.4 is 10.6 Å². The van der Waals surface area contributed by atoms with Gasteiger partial charge in [-0.3, -0.25) is 10.2 Å². The summed E-state index contributed by atoms with van der Waals surface area (Å²) < 4.78 is 22.5. The highest BCUT2D eigenvalue weighted by Crippen LogP contribution is 2.13. The Morgan fingerprint density at radius 2 is 1.88 bits per heavy atom. The van der Waals surface area contributed by atoms with Gasteiger partial charge in [-0.05, 0) is 12.1 Å². The summed E-state index contributed by atoms with van der Waals surface area (Å²) in [5.41, 5.74) is 2.47. The number of hydrogen-bond donors (Lipinski definition) is 2. The van der Waals surface area contributed by atoms with Crippen molar-refractivity contribution in [1.29, 1.82) is 0 Å². The van der Waals surface area contributed by atoms with Crippen molar-refractivity contribution >= 4 is 15.9 Å². The number of nitrogens with two attached hydrogens (primary N) is 1. The quantitative estimate of drug-likeness (QED) is 0.703. The van der Waals surface area contributed by atoms with E-state index in [0.717, 1.165) is 0 Å². The summed E-state index contributed by atoms with van der Waals surface area (Å²) >= 11 is 0. The van der Waals surface area contributed by atoms with E-state index in [0.29, 0.717) is 0 Å². The minimum atomic E-state index is -3.89. The van der Waals surface area contributed by atoms with Gasteiger partial charge in [0.25, 0.3) is 5.91 Å². The number of sulfonamides is 1. The molecule has 0 saturated carbocycles. The van der Waals surface area contributed by atoms with Crippen molar-refractivity contribution in [2.24, 2.45) is 5.14 Å². The molecule has 1 aromatic carbocycles. The average molecular weight is 243 g/mol. The van der Waals surface area contributed by atoms with Gasteiger partial charge in [0.1, 0.15) is 0 Å². The molecule has 3 N–H and O–H groups in total. The zero-order valence-corrected chi connectivity index (χ0v) is 9.78. The lowest BCUT2D eigenvalue weighted by molar-refractivity contribution is 0.0853. The van der Waals surface area contributed by atoms with Crippen molar-refractivity contribution in [2.75, 3.05) is 14.1 Å². The van der Waals surface area contributed by atoms with E-state index in [4.69, 9.17) is 5.14 Å². The second kappa shape index (κ2) is 4.60. The number of rotatable bonds is 3. The van der Waals surface area contributed by atoms with Crippen LogP contribution in [0.15, 0.2) is 29.2 Å². The van der Waals surface area contributed by atoms with Crippen LogP contribution in [0.5, 0.6) is 0 Å². The Morgan fingerprint density at radius 1 is 1.31 bits per heavy atom. The van der Waals surface area contributed by atoms with Gasteiger partial charge in [0.05, 0.1) is 10.5 Å². The molecule has 16 heavy (non-hydrogen) atoms. The Bertz CT molecular complexity index is 496. The van der Waals surface area contributed by atoms with Gasteiger partial charge >= 0.3 is 0 Å². The summed E-state index contributed by atoms with van der Waals surface area (Å²) in [7, 11) is -0.649. The van der Waals surface area contributed by atoms with Gasteiger partial charge in [-0.1, -0.05) is 12.1 Å². The SMILES string of the molecule is CN(C)NC(=O)c1ccccc1S(N)(=O)=O. The van der Waals surface area contributed by atoms with Crippen LogP contribution in [-0.4, -0.2) is 33.4 Å². The summed E-state index contributed by atoms with van der Waals surface area (Å²) in [4.78, 5) is 11.5. The van der Waals surface area contributed by atoms with Crippen LogP contribution in [0.1, 0.15) is 10.4 Å². The number of amides is 1. The summed E-state index contributed by atoms with van der Waals surface area (Å²) in [6, 6.07) is 5.77. The third kappa shape index (κ3) is 3.02. The normalized spacial score (nSPS) is 11.5. The Labute approximate surface area is 94.1 Å². The standard InChI is InChI=1S/C9H13N3O3S/c1-12(2)11-9(13)7-5-3-4-6-8(7)16(10,14)15/h3-6H,1-2H3,(H,11,13)(H2,10,14,15). The van der Waals surface area contributed by atoms with Gasteiger partial charge in [-0.15, -0.1) is 0 Å². The van der Waals surface area contributed by atoms with Crippen LogP contribution in [0, 0.1) is 0 Å². The molecule has 0 spiro atoms. The summed E-state index contributed by atoms with van der Waals surface area (Å²) in [6.45, 7) is 0. The molecule has 1 aromatic rings. The molecular weight excluding hydrogens is 230 g/mol. The molecule has 0 radical (unpaired) electrons. The van der Waals surface area contributed by atoms with Crippen LogP contribution in [-0.2, 0) is 10.0 Å². The van der Waals surface area contributed by atoms with Crippen molar-refractivity contribution in [3.05, 3.63) is 29.8 Å². The van der Waals surface area contributed by atoms with Crippen LogP contribution >= 0.6 is 0 Å². The fourth-order valence-corrected chi connectivity index (χ4v) is 1.90. The van der Waals surface area contributed by atoms with E-state index in [9.17, 15) is 13.2 Å². The van der Waals surface area contributed by atoms with E-state index in [1.807, 2.05) is 0 Å². The first kappa shape index (κ1) is 12.6. The molecule has 0 unspecified atom stereocenters. The molecule has 0 fully saturated rings. The molecule has 0 bridgehead atoms. The van der Waals surface area contributed by atoms with Crippen LogP contribution in [0.2, 0.25) is 0 Å². The Morgan fingerprint density at radius 3 is 2.38 bits per heavy atom. The highest BCUT2D eigenvalue weighted by molar-refractivity contribution is 7.89. The second-order valence-corrected chi connectivity index (χ2v) is 4.91. The summed E-state index contributed by atoms with van der Waals surface area (Å²) in [5, 5.41) is 6.42. The van der Waals surface area contributed by atoms with Crippen LogP contribution in [0.25, 0.3) is 0 Å². The fraction of sp³-hybridized carbons (Fsp3) is 0.222. The molecule has 0 aliphatic rings. The molecule has 0 aliphatic carbocycles. The molecule has 1 rings (SSSR count). The van der Waals surface area contributed by atoms with E-state index in [-0.39, 0.29) is 10.5 Å². The van der Waals surface area contributed by atoms with Gasteiger partial charge in [0.2, 0.25) is 10.0 Å². The molecule has 0 aliphatic heterocycles. The van der Waals surface area contributed by atoms with Crippen molar-refractivity contribution < 1.29 is 13.2 Å². The van der Waals surface area contributed by atoms with E-state index in [1.54, 1.807) is 20.2 Å². The second-order valence-electron chi connectivity index (χ2n) is 3.38. The Hall–Kier alpha value is -1.44. The largest absolute Gasteiger partial charge is 0.285 e. The number of benzene rings is 1. The van der Waals surface area contributed by atoms with Crippen LogP contribution in [0.3, 0.4) is 0 Å². The molecule has 88 valence electrons. The zero-order chi connectivity index (χ0) is 12.3. The summed E-state index contributed by atoms with van der Waals surface area (Å²) in [6.07, 6.45) is 0. The van der Waals surface area contributed by atoms with Gasteiger partial charge in [0.15, 0.2) is 0 Å². The Kier molecular flexibility index (Phi) is 3.63. The van der Waals surface area contributed by atoms with Crippen LogP contribution in [0.4, 0.5) is 0 Å². The van der Waals surface area contributed by atoms with Gasteiger partial charge in [-0.2, -0.15) is 0 Å². The van der Waals surface area contributed by atoms with Gasteiger partial charge in [-0.25, -0.2) is 18.6 Å². The van der Waals surface area contributed by atoms with Crippen molar-refractivity contribution in [2.45, 2.75) is 4.90 Å². The first-order valence-electron chi connectivity index (χ1n) is 4.42. The number of nitrogens with one attached hydrogen (secondary N) is 1. The topological polar surface area (TPSA) is 92.5 Å². The molecule has 6 nitrogen and oxygen atoms in total. The maximum Gasteiger partial charge on any atom is 0.266 e. The number of hydrazine groups is 1. The van der Waals surface area contributed by atoms with E-state index < -0.39 is 15.9 Å². The zero-order valence-electron chi connectivity index (χ0n) is 8.97. The van der Waals surface area contributed by atoms with Crippen molar-refractivity contribution in [3.63, 3.8) is 0 Å². The molecule has 0 heterocycles. The number of primary sulfonamides is 1. The number of carbonyl (C=O) groups is 1. The monoisotopic (exact) mass is 243 g/mol. The molecule has 1 amide bonds. The summed E-state index contributed by atoms with van der Waals surface area (Å²) in [5.74, 6) is -0.519. The lowest BCUT2D eigenvalue weighted by Crippen LogP contribution is -2.37. The van der Waals surface area contributed by atoms with E-state index in [1.165, 1.54) is 23.2 Å². The molecule has 0 saturated heterocycles. The fourth-order valence-electron chi connectivity index (χ4n) is 1.17. The number of carbonyl (C=O) groups excluding carboxylic acids is 1. The predicted octanol–water partition coefficient (Wildman–Crippen LogP) is -0.460. The minimum absolute atomic E-state index is 0.0266. The van der Waals surface area contributed by atoms with Gasteiger partial charge in [0, 0.05) is 14.1 Å². The highest BCUT2D eigenvalue weighted by Gasteiger charge is 2.18. The van der Waals surface area contributed by atoms with E-state index in [2.05, 4.69) is 5.43 Å². The minimum Gasteiger partial charge on any atom is -0.285 e. The first-order chi connectivity index (χ1) is 7.32. The maximum atomic E-state index is 11.6. The van der Waals surface area contributed by atoms with Gasteiger partial charge < -0.3 is 0 Å². The smallest absolute Gasteiger partial charge is 0.266 e. The molecule has 0 atom stereocenters. The molecular formula is C9H13N3O3S. The van der Waals surface area contributed by atoms with Crippen molar-refractivity contribution in [3.8, 4) is 0 Å². The maximum absolute atomic E-state index is 11.6. The predicted molar refractivity (Wildman–Crippen MR) is 59.0 cm³/mol. The number of hydrogen-bond acceptors (Lipinski definition) is 4. The first-order valence-corrected chi connectivity index (χ1v) is 5.97. The third-order valence-electron chi connectivity index (χ3n) is 1.76. The lowest BCUT2D eigenvalue weighted by Gasteiger charge is -2.13. The molecule has 7 heteroatoms. The Balaban J connectivity index is 3.19. The number of nitrogens with zero attached hydrogens (tertiary/aromatic N) is 1. The average Bonchev–Trinajstić information content (AvgIpc) is 2.15.